The number of nitro groups is 1. The highest BCUT2D eigenvalue weighted by Gasteiger charge is 2.19. The van der Waals surface area contributed by atoms with Gasteiger partial charge in [0.2, 0.25) is 0 Å². The predicted molar refractivity (Wildman–Crippen MR) is 82.5 cm³/mol. The molecule has 0 radical (unpaired) electrons. The van der Waals surface area contributed by atoms with Crippen LogP contribution in [-0.4, -0.2) is 41.5 Å². The highest BCUT2D eigenvalue weighted by atomic mass is 16.6. The van der Waals surface area contributed by atoms with Crippen LogP contribution in [0.25, 0.3) is 10.9 Å². The zero-order valence-electron chi connectivity index (χ0n) is 12.0. The van der Waals surface area contributed by atoms with Crippen LogP contribution in [-0.2, 0) is 0 Å². The lowest BCUT2D eigenvalue weighted by Gasteiger charge is -2.12. The molecule has 1 unspecified atom stereocenters. The van der Waals surface area contributed by atoms with Crippen molar-refractivity contribution in [1.29, 1.82) is 0 Å². The second-order valence-electron chi connectivity index (χ2n) is 5.63. The van der Waals surface area contributed by atoms with Gasteiger partial charge in [-0.25, -0.2) is 4.98 Å². The molecule has 1 aromatic heterocycles. The SMILES string of the molecule is CN1CCC(CNc2ccc3cc([N+](=O)[O-])ccc3n2)C1. The molecule has 2 heterocycles. The normalized spacial score (nSPS) is 19.0. The van der Waals surface area contributed by atoms with Crippen LogP contribution in [0.4, 0.5) is 11.5 Å². The summed E-state index contributed by atoms with van der Waals surface area (Å²) < 4.78 is 0. The molecule has 0 amide bonds. The van der Waals surface area contributed by atoms with E-state index in [9.17, 15) is 10.1 Å². The Morgan fingerprint density at radius 2 is 2.29 bits per heavy atom. The Morgan fingerprint density at radius 1 is 1.43 bits per heavy atom. The molecule has 1 aromatic carbocycles. The number of benzene rings is 1. The Labute approximate surface area is 122 Å². The number of pyridine rings is 1. The lowest BCUT2D eigenvalue weighted by atomic mass is 10.1. The van der Waals surface area contributed by atoms with Crippen molar-refractivity contribution in [2.45, 2.75) is 6.42 Å². The van der Waals surface area contributed by atoms with Crippen LogP contribution < -0.4 is 5.32 Å². The number of likely N-dealkylation sites (tertiary alicyclic amines) is 1. The largest absolute Gasteiger partial charge is 0.370 e. The number of rotatable bonds is 4. The van der Waals surface area contributed by atoms with Crippen molar-refractivity contribution in [3.8, 4) is 0 Å². The van der Waals surface area contributed by atoms with Gasteiger partial charge in [-0.15, -0.1) is 0 Å². The fourth-order valence-corrected chi connectivity index (χ4v) is 2.77. The van der Waals surface area contributed by atoms with E-state index in [1.807, 2.05) is 12.1 Å². The monoisotopic (exact) mass is 286 g/mol. The molecule has 1 N–H and O–H groups in total. The smallest absolute Gasteiger partial charge is 0.270 e. The average Bonchev–Trinajstić information content (AvgIpc) is 2.90. The van der Waals surface area contributed by atoms with E-state index in [0.29, 0.717) is 5.92 Å². The third-order valence-electron chi connectivity index (χ3n) is 3.94. The van der Waals surface area contributed by atoms with Gasteiger partial charge in [0.1, 0.15) is 5.82 Å². The molecule has 110 valence electrons. The van der Waals surface area contributed by atoms with Crippen LogP contribution in [0.1, 0.15) is 6.42 Å². The summed E-state index contributed by atoms with van der Waals surface area (Å²) in [5.41, 5.74) is 0.869. The summed E-state index contributed by atoms with van der Waals surface area (Å²) in [5, 5.41) is 14.9. The van der Waals surface area contributed by atoms with Crippen LogP contribution in [0, 0.1) is 16.0 Å². The number of nitrogens with zero attached hydrogens (tertiary/aromatic N) is 3. The van der Waals surface area contributed by atoms with Crippen LogP contribution in [0.2, 0.25) is 0 Å². The van der Waals surface area contributed by atoms with Gasteiger partial charge in [-0.05, 0) is 44.1 Å². The number of fused-ring (bicyclic) bond motifs is 1. The quantitative estimate of drug-likeness (QED) is 0.690. The fraction of sp³-hybridized carbons (Fsp3) is 0.400. The van der Waals surface area contributed by atoms with E-state index in [0.717, 1.165) is 36.4 Å². The molecule has 1 aliphatic rings. The first-order valence-electron chi connectivity index (χ1n) is 7.09. The molecule has 2 aromatic rings. The Kier molecular flexibility index (Phi) is 3.70. The van der Waals surface area contributed by atoms with Gasteiger partial charge < -0.3 is 10.2 Å². The summed E-state index contributed by atoms with van der Waals surface area (Å²) in [4.78, 5) is 17.2. The number of nitro benzene ring substituents is 1. The average molecular weight is 286 g/mol. The van der Waals surface area contributed by atoms with Gasteiger partial charge in [-0.1, -0.05) is 0 Å². The molecule has 0 saturated carbocycles. The van der Waals surface area contributed by atoms with E-state index in [-0.39, 0.29) is 10.6 Å². The zero-order chi connectivity index (χ0) is 14.8. The van der Waals surface area contributed by atoms with E-state index >= 15 is 0 Å². The van der Waals surface area contributed by atoms with Gasteiger partial charge in [0.05, 0.1) is 10.4 Å². The van der Waals surface area contributed by atoms with Crippen LogP contribution >= 0.6 is 0 Å². The van der Waals surface area contributed by atoms with Crippen LogP contribution in [0.15, 0.2) is 30.3 Å². The molecule has 0 bridgehead atoms. The molecule has 21 heavy (non-hydrogen) atoms. The van der Waals surface area contributed by atoms with E-state index in [2.05, 4.69) is 22.2 Å². The molecule has 1 aliphatic heterocycles. The van der Waals surface area contributed by atoms with Gasteiger partial charge in [0.25, 0.3) is 5.69 Å². The fourth-order valence-electron chi connectivity index (χ4n) is 2.77. The van der Waals surface area contributed by atoms with Crippen molar-refractivity contribution in [2.75, 3.05) is 32.0 Å². The third kappa shape index (κ3) is 3.11. The molecule has 1 fully saturated rings. The van der Waals surface area contributed by atoms with Gasteiger partial charge in [-0.3, -0.25) is 10.1 Å². The van der Waals surface area contributed by atoms with E-state index in [1.54, 1.807) is 12.1 Å². The van der Waals surface area contributed by atoms with Crippen LogP contribution in [0.5, 0.6) is 0 Å². The third-order valence-corrected chi connectivity index (χ3v) is 3.94. The molecular formula is C15H18N4O2. The first-order chi connectivity index (χ1) is 10.1. The van der Waals surface area contributed by atoms with Crippen molar-refractivity contribution in [2.24, 2.45) is 5.92 Å². The first-order valence-corrected chi connectivity index (χ1v) is 7.09. The number of hydrogen-bond acceptors (Lipinski definition) is 5. The van der Waals surface area contributed by atoms with Crippen molar-refractivity contribution < 1.29 is 4.92 Å². The Bertz CT molecular complexity index is 674. The minimum absolute atomic E-state index is 0.0963. The maximum Gasteiger partial charge on any atom is 0.270 e. The summed E-state index contributed by atoms with van der Waals surface area (Å²) in [6.45, 7) is 3.18. The Morgan fingerprint density at radius 3 is 3.00 bits per heavy atom. The zero-order valence-corrected chi connectivity index (χ0v) is 12.0. The standard InChI is InChI=1S/C15H18N4O2/c1-18-7-6-11(10-18)9-16-15-5-2-12-8-13(19(20)21)3-4-14(12)17-15/h2-5,8,11H,6-7,9-10H2,1H3,(H,16,17). The number of nitrogens with one attached hydrogen (secondary N) is 1. The molecule has 3 rings (SSSR count). The van der Waals surface area contributed by atoms with Gasteiger partial charge >= 0.3 is 0 Å². The maximum absolute atomic E-state index is 10.8. The maximum atomic E-state index is 10.8. The first kappa shape index (κ1) is 13.8. The minimum Gasteiger partial charge on any atom is -0.370 e. The second kappa shape index (κ2) is 5.65. The predicted octanol–water partition coefficient (Wildman–Crippen LogP) is 2.51. The number of non-ortho nitro benzene ring substituents is 1. The molecule has 0 aliphatic carbocycles. The molecule has 6 heteroatoms. The van der Waals surface area contributed by atoms with E-state index < -0.39 is 0 Å². The van der Waals surface area contributed by atoms with Crippen molar-refractivity contribution >= 4 is 22.4 Å². The summed E-state index contributed by atoms with van der Waals surface area (Å²) in [7, 11) is 2.14. The lowest BCUT2D eigenvalue weighted by Crippen LogP contribution is -2.19. The van der Waals surface area contributed by atoms with Crippen LogP contribution in [0.3, 0.4) is 0 Å². The highest BCUT2D eigenvalue weighted by molar-refractivity contribution is 5.82. The minimum atomic E-state index is -0.387. The second-order valence-corrected chi connectivity index (χ2v) is 5.63. The van der Waals surface area contributed by atoms with Gasteiger partial charge in [0.15, 0.2) is 0 Å². The van der Waals surface area contributed by atoms with Gasteiger partial charge in [-0.2, -0.15) is 0 Å². The summed E-state index contributed by atoms with van der Waals surface area (Å²) >= 11 is 0. The highest BCUT2D eigenvalue weighted by Crippen LogP contribution is 2.21. The number of aromatic nitrogens is 1. The molecular weight excluding hydrogens is 268 g/mol. The Balaban J connectivity index is 1.72. The van der Waals surface area contributed by atoms with Gasteiger partial charge in [0, 0.05) is 30.6 Å². The van der Waals surface area contributed by atoms with Crippen molar-refractivity contribution in [3.05, 3.63) is 40.4 Å². The lowest BCUT2D eigenvalue weighted by molar-refractivity contribution is -0.384. The van der Waals surface area contributed by atoms with Crippen molar-refractivity contribution in [1.82, 2.24) is 9.88 Å². The van der Waals surface area contributed by atoms with E-state index in [1.165, 1.54) is 12.5 Å². The van der Waals surface area contributed by atoms with Crippen molar-refractivity contribution in [3.63, 3.8) is 0 Å². The Hall–Kier alpha value is -2.21. The summed E-state index contributed by atoms with van der Waals surface area (Å²) in [6.07, 6.45) is 1.21. The number of anilines is 1. The summed E-state index contributed by atoms with van der Waals surface area (Å²) in [5.74, 6) is 1.48. The van der Waals surface area contributed by atoms with E-state index in [4.69, 9.17) is 0 Å². The molecule has 0 spiro atoms. The summed E-state index contributed by atoms with van der Waals surface area (Å²) in [6, 6.07) is 8.49. The molecule has 1 atom stereocenters. The molecule has 1 saturated heterocycles. The molecule has 6 nitrogen and oxygen atoms in total. The topological polar surface area (TPSA) is 71.3 Å². The number of hydrogen-bond donors (Lipinski definition) is 1.